The third-order valence-corrected chi connectivity index (χ3v) is 4.11. The van der Waals surface area contributed by atoms with Crippen molar-refractivity contribution in [3.8, 4) is 0 Å². The molecule has 1 aromatic rings. The van der Waals surface area contributed by atoms with Crippen LogP contribution >= 0.6 is 22.0 Å². The second kappa shape index (κ2) is 3.08. The average Bonchev–Trinajstić information content (AvgIpc) is 2.32. The van der Waals surface area contributed by atoms with Crippen molar-refractivity contribution in [1.82, 2.24) is 0 Å². The molecule has 0 radical (unpaired) electrons. The van der Waals surface area contributed by atoms with Crippen LogP contribution in [0.15, 0.2) is 15.7 Å². The SMILES string of the molecule is O=S(=O)(Cl)c1cc(CF)cs1. The monoisotopic (exact) mass is 214 g/mol. The van der Waals surface area contributed by atoms with Crippen molar-refractivity contribution in [3.63, 3.8) is 0 Å². The molecule has 1 rings (SSSR count). The smallest absolute Gasteiger partial charge is 0.246 e. The molecule has 0 unspecified atom stereocenters. The van der Waals surface area contributed by atoms with E-state index < -0.39 is 15.7 Å². The van der Waals surface area contributed by atoms with Crippen LogP contribution in [0.2, 0.25) is 0 Å². The first-order chi connectivity index (χ1) is 5.04. The highest BCUT2D eigenvalue weighted by atomic mass is 35.7. The van der Waals surface area contributed by atoms with E-state index in [1.54, 1.807) is 0 Å². The fraction of sp³-hybridized carbons (Fsp3) is 0.200. The third-order valence-electron chi connectivity index (χ3n) is 1.02. The molecule has 0 amide bonds. The molecule has 1 heterocycles. The Morgan fingerprint density at radius 2 is 2.27 bits per heavy atom. The van der Waals surface area contributed by atoms with Gasteiger partial charge >= 0.3 is 0 Å². The molecule has 0 aliphatic rings. The van der Waals surface area contributed by atoms with E-state index >= 15 is 0 Å². The fourth-order valence-corrected chi connectivity index (χ4v) is 2.53. The Bertz CT molecular complexity index is 343. The minimum Gasteiger partial charge on any atom is -0.246 e. The van der Waals surface area contributed by atoms with E-state index in [9.17, 15) is 12.8 Å². The van der Waals surface area contributed by atoms with Gasteiger partial charge in [0.05, 0.1) is 0 Å². The minimum absolute atomic E-state index is 0.00758. The van der Waals surface area contributed by atoms with Crippen molar-refractivity contribution in [2.24, 2.45) is 0 Å². The predicted molar refractivity (Wildman–Crippen MR) is 42.2 cm³/mol. The van der Waals surface area contributed by atoms with Gasteiger partial charge in [0.1, 0.15) is 10.9 Å². The Labute approximate surface area is 72.0 Å². The van der Waals surface area contributed by atoms with Gasteiger partial charge in [-0.3, -0.25) is 0 Å². The van der Waals surface area contributed by atoms with Crippen LogP contribution in [0.5, 0.6) is 0 Å². The summed E-state index contributed by atoms with van der Waals surface area (Å²) < 4.78 is 33.1. The van der Waals surface area contributed by atoms with E-state index in [1.807, 2.05) is 0 Å². The van der Waals surface area contributed by atoms with E-state index in [1.165, 1.54) is 11.4 Å². The van der Waals surface area contributed by atoms with Gasteiger partial charge in [-0.15, -0.1) is 11.3 Å². The normalized spacial score (nSPS) is 11.8. The van der Waals surface area contributed by atoms with Gasteiger partial charge < -0.3 is 0 Å². The topological polar surface area (TPSA) is 34.1 Å². The molecule has 0 saturated heterocycles. The molecule has 0 bridgehead atoms. The van der Waals surface area contributed by atoms with Crippen LogP contribution in [0.3, 0.4) is 0 Å². The van der Waals surface area contributed by atoms with Gasteiger partial charge in [0, 0.05) is 10.7 Å². The molecule has 6 heteroatoms. The van der Waals surface area contributed by atoms with E-state index in [-0.39, 0.29) is 4.21 Å². The Balaban J connectivity index is 3.09. The summed E-state index contributed by atoms with van der Waals surface area (Å²) in [4.78, 5) is 0. The average molecular weight is 215 g/mol. The minimum atomic E-state index is -3.67. The van der Waals surface area contributed by atoms with Crippen LogP contribution in [-0.4, -0.2) is 8.42 Å². The van der Waals surface area contributed by atoms with E-state index in [0.717, 1.165) is 11.3 Å². The number of hydrogen-bond donors (Lipinski definition) is 0. The van der Waals surface area contributed by atoms with Gasteiger partial charge in [-0.2, -0.15) is 0 Å². The maximum atomic E-state index is 11.9. The van der Waals surface area contributed by atoms with Gasteiger partial charge in [0.2, 0.25) is 0 Å². The highest BCUT2D eigenvalue weighted by Gasteiger charge is 2.12. The third kappa shape index (κ3) is 2.15. The highest BCUT2D eigenvalue weighted by molar-refractivity contribution is 8.15. The lowest BCUT2D eigenvalue weighted by Gasteiger charge is -1.84. The van der Waals surface area contributed by atoms with E-state index in [2.05, 4.69) is 0 Å². The molecule has 0 spiro atoms. The van der Waals surface area contributed by atoms with Crippen LogP contribution in [0.1, 0.15) is 5.56 Å². The summed E-state index contributed by atoms with van der Waals surface area (Å²) in [5.41, 5.74) is 0.342. The Kier molecular flexibility index (Phi) is 2.51. The Morgan fingerprint density at radius 1 is 1.64 bits per heavy atom. The zero-order valence-corrected chi connectivity index (χ0v) is 7.64. The molecule has 62 valence electrons. The summed E-state index contributed by atoms with van der Waals surface area (Å²) in [6, 6.07) is 1.23. The van der Waals surface area contributed by atoms with Crippen molar-refractivity contribution in [2.75, 3.05) is 0 Å². The Hall–Kier alpha value is -0.130. The van der Waals surface area contributed by atoms with E-state index in [4.69, 9.17) is 10.7 Å². The summed E-state index contributed by atoms with van der Waals surface area (Å²) in [5, 5.41) is 1.43. The molecule has 0 N–H and O–H groups in total. The molecule has 0 aliphatic heterocycles. The first kappa shape index (κ1) is 8.96. The van der Waals surface area contributed by atoms with Gasteiger partial charge in [0.25, 0.3) is 9.05 Å². The van der Waals surface area contributed by atoms with Crippen LogP contribution in [0, 0.1) is 0 Å². The highest BCUT2D eigenvalue weighted by Crippen LogP contribution is 2.23. The van der Waals surface area contributed by atoms with Crippen molar-refractivity contribution >= 4 is 31.1 Å². The van der Waals surface area contributed by atoms with Crippen molar-refractivity contribution < 1.29 is 12.8 Å². The van der Waals surface area contributed by atoms with Crippen LogP contribution in [0.4, 0.5) is 4.39 Å². The maximum Gasteiger partial charge on any atom is 0.270 e. The standard InChI is InChI=1S/C5H4ClFO2S2/c6-11(8,9)5-1-4(2-7)3-10-5/h1,3H,2H2. The van der Waals surface area contributed by atoms with E-state index in [0.29, 0.717) is 5.56 Å². The van der Waals surface area contributed by atoms with Gasteiger partial charge in [0.15, 0.2) is 0 Å². The van der Waals surface area contributed by atoms with Gasteiger partial charge in [-0.05, 0) is 17.0 Å². The molecule has 0 aromatic carbocycles. The quantitative estimate of drug-likeness (QED) is 0.707. The van der Waals surface area contributed by atoms with Crippen molar-refractivity contribution in [1.29, 1.82) is 0 Å². The molecular formula is C5H4ClFO2S2. The number of alkyl halides is 1. The van der Waals surface area contributed by atoms with Crippen molar-refractivity contribution in [3.05, 3.63) is 17.0 Å². The summed E-state index contributed by atoms with van der Waals surface area (Å²) in [6.07, 6.45) is 0. The molecule has 11 heavy (non-hydrogen) atoms. The van der Waals surface area contributed by atoms with Gasteiger partial charge in [-0.25, -0.2) is 12.8 Å². The summed E-state index contributed by atoms with van der Waals surface area (Å²) >= 11 is 0.921. The lowest BCUT2D eigenvalue weighted by Crippen LogP contribution is -1.84. The maximum absolute atomic E-state index is 11.9. The molecule has 2 nitrogen and oxygen atoms in total. The van der Waals surface area contributed by atoms with Crippen molar-refractivity contribution in [2.45, 2.75) is 10.9 Å². The first-order valence-corrected chi connectivity index (χ1v) is 5.81. The summed E-state index contributed by atoms with van der Waals surface area (Å²) in [6.45, 7) is -0.664. The second-order valence-electron chi connectivity index (χ2n) is 1.85. The van der Waals surface area contributed by atoms with Crippen LogP contribution in [0.25, 0.3) is 0 Å². The largest absolute Gasteiger partial charge is 0.270 e. The molecule has 0 fully saturated rings. The molecule has 0 atom stereocenters. The fourth-order valence-electron chi connectivity index (χ4n) is 0.551. The predicted octanol–water partition coefficient (Wildman–Crippen LogP) is 2.15. The number of rotatable bonds is 2. The molecular weight excluding hydrogens is 211 g/mol. The molecule has 1 aromatic heterocycles. The number of halogens is 2. The lowest BCUT2D eigenvalue weighted by atomic mass is 10.4. The zero-order chi connectivity index (χ0) is 8.48. The molecule has 0 aliphatic carbocycles. The van der Waals surface area contributed by atoms with Gasteiger partial charge in [-0.1, -0.05) is 0 Å². The van der Waals surface area contributed by atoms with Crippen LogP contribution in [-0.2, 0) is 15.7 Å². The first-order valence-electron chi connectivity index (χ1n) is 2.62. The zero-order valence-electron chi connectivity index (χ0n) is 5.25. The Morgan fingerprint density at radius 3 is 2.55 bits per heavy atom. The summed E-state index contributed by atoms with van der Waals surface area (Å²) in [7, 11) is 1.32. The molecule has 0 saturated carbocycles. The number of thiophene rings is 1. The summed E-state index contributed by atoms with van der Waals surface area (Å²) in [5.74, 6) is 0. The second-order valence-corrected chi connectivity index (χ2v) is 5.55. The lowest BCUT2D eigenvalue weighted by molar-refractivity contribution is 0.486. The number of hydrogen-bond acceptors (Lipinski definition) is 3. The van der Waals surface area contributed by atoms with Crippen LogP contribution < -0.4 is 0 Å².